The lowest BCUT2D eigenvalue weighted by Crippen LogP contribution is -2.32. The van der Waals surface area contributed by atoms with Crippen molar-refractivity contribution in [2.24, 2.45) is 0 Å². The average Bonchev–Trinajstić information content (AvgIpc) is 3.22. The van der Waals surface area contributed by atoms with Crippen molar-refractivity contribution in [2.45, 2.75) is 37.8 Å². The van der Waals surface area contributed by atoms with Crippen LogP contribution >= 0.6 is 11.3 Å². The Balaban J connectivity index is 2.11. The van der Waals surface area contributed by atoms with Crippen molar-refractivity contribution in [3.8, 4) is 5.75 Å². The number of nitrogen functional groups attached to an aromatic ring is 1. The number of methoxy groups -OCH3 is 1. The molecule has 0 bridgehead atoms. The maximum Gasteiger partial charge on any atom is 0.360 e. The minimum absolute atomic E-state index is 0.0531. The number of halogens is 1. The number of hydrogen-bond donors (Lipinski definition) is 1. The number of carbonyl (C=O) groups excluding carboxylic acids is 1. The molecule has 8 nitrogen and oxygen atoms in total. The normalized spacial score (nSPS) is 11.8. The fourth-order valence-corrected chi connectivity index (χ4v) is 5.32. The van der Waals surface area contributed by atoms with Crippen molar-refractivity contribution in [1.82, 2.24) is 4.98 Å². The Kier molecular flexibility index (Phi) is 6.94. The van der Waals surface area contributed by atoms with Crippen LogP contribution in [0.4, 0.5) is 15.1 Å². The smallest absolute Gasteiger partial charge is 0.360 e. The van der Waals surface area contributed by atoms with Crippen LogP contribution in [-0.4, -0.2) is 32.1 Å². The molecule has 0 saturated carbocycles. The monoisotopic (exact) mass is 493 g/mol. The van der Waals surface area contributed by atoms with E-state index in [1.165, 1.54) is 24.8 Å². The molecule has 0 aliphatic rings. The highest BCUT2D eigenvalue weighted by Crippen LogP contribution is 2.34. The lowest BCUT2D eigenvalue weighted by atomic mass is 10.2. The molecule has 0 radical (unpaired) electrons. The van der Waals surface area contributed by atoms with Crippen molar-refractivity contribution in [3.63, 3.8) is 0 Å². The van der Waals surface area contributed by atoms with E-state index in [0.29, 0.717) is 11.3 Å². The summed E-state index contributed by atoms with van der Waals surface area (Å²) in [6.07, 6.45) is 0. The van der Waals surface area contributed by atoms with E-state index < -0.39 is 27.4 Å². The Labute approximate surface area is 195 Å². The van der Waals surface area contributed by atoms with Gasteiger partial charge in [0.25, 0.3) is 10.0 Å². The average molecular weight is 494 g/mol. The fraction of sp³-hybridized carbons (Fsp3) is 0.273. The van der Waals surface area contributed by atoms with Gasteiger partial charge in [-0.25, -0.2) is 22.6 Å². The van der Waals surface area contributed by atoms with Crippen LogP contribution in [0.3, 0.4) is 0 Å². The molecule has 0 fully saturated rings. The van der Waals surface area contributed by atoms with Crippen molar-refractivity contribution in [1.29, 1.82) is 0 Å². The van der Waals surface area contributed by atoms with Crippen molar-refractivity contribution in [3.05, 3.63) is 65.0 Å². The predicted molar refractivity (Wildman–Crippen MR) is 124 cm³/mol. The molecular weight excluding hydrogens is 469 g/mol. The quantitative estimate of drug-likeness (QED) is 0.387. The molecule has 1 heterocycles. The first-order valence-electron chi connectivity index (χ1n) is 9.80. The van der Waals surface area contributed by atoms with Crippen LogP contribution in [-0.2, 0) is 21.3 Å². The highest BCUT2D eigenvalue weighted by molar-refractivity contribution is 7.93. The highest BCUT2D eigenvalue weighted by atomic mass is 32.2. The first-order valence-corrected chi connectivity index (χ1v) is 12.1. The summed E-state index contributed by atoms with van der Waals surface area (Å²) in [5.41, 5.74) is 6.34. The number of aromatic nitrogens is 1. The molecule has 2 N–H and O–H groups in total. The summed E-state index contributed by atoms with van der Waals surface area (Å²) in [5.74, 6) is -1.03. The lowest BCUT2D eigenvalue weighted by molar-refractivity contribution is 0.00646. The molecule has 1 aromatic heterocycles. The maximum absolute atomic E-state index is 14.1. The van der Waals surface area contributed by atoms with Gasteiger partial charge in [-0.05, 0) is 56.7 Å². The summed E-state index contributed by atoms with van der Waals surface area (Å²) in [6.45, 7) is 4.94. The zero-order chi connectivity index (χ0) is 24.4. The number of thiazole rings is 1. The van der Waals surface area contributed by atoms with Gasteiger partial charge >= 0.3 is 5.97 Å². The largest absolute Gasteiger partial charge is 0.497 e. The number of nitrogens with two attached hydrogens (primary N) is 1. The van der Waals surface area contributed by atoms with E-state index in [0.717, 1.165) is 21.7 Å². The summed E-state index contributed by atoms with van der Waals surface area (Å²) in [4.78, 5) is 16.5. The van der Waals surface area contributed by atoms with E-state index in [1.54, 1.807) is 45.0 Å². The van der Waals surface area contributed by atoms with E-state index in [4.69, 9.17) is 15.2 Å². The summed E-state index contributed by atoms with van der Waals surface area (Å²) < 4.78 is 52.9. The second-order valence-corrected chi connectivity index (χ2v) is 10.7. The third-order valence-corrected chi connectivity index (χ3v) is 7.12. The van der Waals surface area contributed by atoms with Crippen LogP contribution < -0.4 is 14.8 Å². The molecule has 11 heteroatoms. The van der Waals surface area contributed by atoms with E-state index >= 15 is 0 Å². The first kappa shape index (κ1) is 24.5. The minimum atomic E-state index is -4.31. The topological polar surface area (TPSA) is 112 Å². The standard InChI is InChI=1S/C22H24FN3O5S2/c1-22(2,3)31-21(27)19-20(32-13-25-19)26(12-14-5-7-15(30-4)8-6-14)33(28,29)16-9-10-18(24)17(23)11-16/h5-11,13H,12,24H2,1-4H3. The minimum Gasteiger partial charge on any atom is -0.497 e. The SMILES string of the molecule is COc1ccc(CN(c2scnc2C(=O)OC(C)(C)C)S(=O)(=O)c2ccc(N)c(F)c2)cc1. The van der Waals surface area contributed by atoms with Gasteiger partial charge in [-0.15, -0.1) is 11.3 Å². The number of esters is 1. The molecular formula is C22H24FN3O5S2. The van der Waals surface area contributed by atoms with E-state index in [9.17, 15) is 17.6 Å². The zero-order valence-corrected chi connectivity index (χ0v) is 20.2. The lowest BCUT2D eigenvalue weighted by Gasteiger charge is -2.25. The molecule has 3 aromatic rings. The van der Waals surface area contributed by atoms with Gasteiger partial charge in [0.1, 0.15) is 22.2 Å². The molecule has 0 unspecified atom stereocenters. The second-order valence-electron chi connectivity index (χ2n) is 8.05. The molecule has 0 saturated heterocycles. The summed E-state index contributed by atoms with van der Waals surface area (Å²) in [6, 6.07) is 9.99. The molecule has 3 rings (SSSR count). The van der Waals surface area contributed by atoms with Crippen LogP contribution in [0.25, 0.3) is 0 Å². The molecule has 0 aliphatic heterocycles. The molecule has 0 spiro atoms. The summed E-state index contributed by atoms with van der Waals surface area (Å²) in [7, 11) is -2.79. The highest BCUT2D eigenvalue weighted by Gasteiger charge is 2.33. The van der Waals surface area contributed by atoms with Gasteiger partial charge in [-0.3, -0.25) is 4.31 Å². The predicted octanol–water partition coefficient (Wildman–Crippen LogP) is 4.22. The first-order chi connectivity index (χ1) is 15.4. The molecule has 2 aromatic carbocycles. The Morgan fingerprint density at radius 3 is 2.42 bits per heavy atom. The number of rotatable bonds is 7. The second kappa shape index (κ2) is 9.36. The van der Waals surface area contributed by atoms with Gasteiger partial charge in [0.2, 0.25) is 0 Å². The van der Waals surface area contributed by atoms with Crippen LogP contribution in [0.5, 0.6) is 5.75 Å². The Bertz CT molecular complexity index is 1250. The molecule has 33 heavy (non-hydrogen) atoms. The van der Waals surface area contributed by atoms with Gasteiger partial charge in [0.15, 0.2) is 5.69 Å². The van der Waals surface area contributed by atoms with Crippen LogP contribution in [0.15, 0.2) is 52.9 Å². The number of sulfonamides is 1. The number of benzene rings is 2. The van der Waals surface area contributed by atoms with Crippen molar-refractivity contribution in [2.75, 3.05) is 17.1 Å². The van der Waals surface area contributed by atoms with Crippen LogP contribution in [0, 0.1) is 5.82 Å². The van der Waals surface area contributed by atoms with Gasteiger partial charge in [0, 0.05) is 0 Å². The van der Waals surface area contributed by atoms with E-state index in [2.05, 4.69) is 4.98 Å². The third kappa shape index (κ3) is 5.60. The van der Waals surface area contributed by atoms with Gasteiger partial charge < -0.3 is 15.2 Å². The van der Waals surface area contributed by atoms with Gasteiger partial charge in [0.05, 0.1) is 29.7 Å². The van der Waals surface area contributed by atoms with Crippen LogP contribution in [0.1, 0.15) is 36.8 Å². The Morgan fingerprint density at radius 1 is 1.18 bits per heavy atom. The van der Waals surface area contributed by atoms with E-state index in [-0.39, 0.29) is 27.8 Å². The number of nitrogens with zero attached hydrogens (tertiary/aromatic N) is 2. The Morgan fingerprint density at radius 2 is 1.85 bits per heavy atom. The van der Waals surface area contributed by atoms with Crippen molar-refractivity contribution < 1.29 is 27.1 Å². The molecule has 0 atom stereocenters. The summed E-state index contributed by atoms with van der Waals surface area (Å²) in [5, 5.41) is 0.0531. The molecule has 0 aliphatic carbocycles. The number of ether oxygens (including phenoxy) is 2. The number of hydrogen-bond acceptors (Lipinski definition) is 8. The number of carbonyl (C=O) groups is 1. The zero-order valence-electron chi connectivity index (χ0n) is 18.5. The summed E-state index contributed by atoms with van der Waals surface area (Å²) >= 11 is 0.959. The molecule has 176 valence electrons. The van der Waals surface area contributed by atoms with Gasteiger partial charge in [-0.2, -0.15) is 0 Å². The fourth-order valence-electron chi connectivity index (χ4n) is 2.84. The van der Waals surface area contributed by atoms with E-state index in [1.807, 2.05) is 0 Å². The van der Waals surface area contributed by atoms with Gasteiger partial charge in [-0.1, -0.05) is 12.1 Å². The Hall–Kier alpha value is -3.18. The maximum atomic E-state index is 14.1. The van der Waals surface area contributed by atoms with Crippen molar-refractivity contribution >= 4 is 38.0 Å². The number of anilines is 2. The van der Waals surface area contributed by atoms with Crippen LogP contribution in [0.2, 0.25) is 0 Å². The third-order valence-electron chi connectivity index (χ3n) is 4.41. The molecule has 0 amide bonds.